The minimum absolute atomic E-state index is 0.0537. The molecule has 3 fully saturated rings. The van der Waals surface area contributed by atoms with Gasteiger partial charge in [-0.2, -0.15) is 0 Å². The molecule has 1 aliphatic carbocycles. The third-order valence-electron chi connectivity index (χ3n) is 6.39. The third-order valence-corrected chi connectivity index (χ3v) is 6.39. The molecule has 5 heteroatoms. The van der Waals surface area contributed by atoms with Crippen molar-refractivity contribution in [3.05, 3.63) is 35.9 Å². The number of benzene rings is 1. The lowest BCUT2D eigenvalue weighted by molar-refractivity contribution is -0.0668. The van der Waals surface area contributed by atoms with Crippen molar-refractivity contribution in [3.8, 4) is 0 Å². The van der Waals surface area contributed by atoms with Gasteiger partial charge in [-0.05, 0) is 38.3 Å². The molecule has 3 aliphatic rings. The summed E-state index contributed by atoms with van der Waals surface area (Å²) in [6, 6.07) is 11.0. The number of nitrogens with zero attached hydrogens (tertiary/aromatic N) is 1. The molecule has 5 nitrogen and oxygen atoms in total. The van der Waals surface area contributed by atoms with Crippen LogP contribution in [0.1, 0.15) is 31.2 Å². The molecule has 3 N–H and O–H groups in total. The smallest absolute Gasteiger partial charge is 0.161 e. The number of ether oxygens (including phenoxy) is 1. The van der Waals surface area contributed by atoms with E-state index in [1.54, 1.807) is 0 Å². The molecule has 0 amide bonds. The van der Waals surface area contributed by atoms with E-state index in [9.17, 15) is 5.11 Å². The molecule has 0 aromatic heterocycles. The molecule has 4 rings (SSSR count). The van der Waals surface area contributed by atoms with E-state index in [2.05, 4.69) is 52.9 Å². The Labute approximate surface area is 144 Å². The van der Waals surface area contributed by atoms with Gasteiger partial charge in [-0.1, -0.05) is 30.3 Å². The van der Waals surface area contributed by atoms with E-state index >= 15 is 0 Å². The Morgan fingerprint density at radius 1 is 1.17 bits per heavy atom. The number of nitrogens with one attached hydrogen (secondary N) is 2. The predicted molar refractivity (Wildman–Crippen MR) is 93.4 cm³/mol. The van der Waals surface area contributed by atoms with Crippen LogP contribution in [0, 0.1) is 5.92 Å². The first-order chi connectivity index (χ1) is 11.6. The van der Waals surface area contributed by atoms with Gasteiger partial charge in [0.2, 0.25) is 0 Å². The summed E-state index contributed by atoms with van der Waals surface area (Å²) >= 11 is 0. The minimum atomic E-state index is -0.556. The highest BCUT2D eigenvalue weighted by Gasteiger charge is 2.48. The van der Waals surface area contributed by atoms with Crippen LogP contribution in [0.15, 0.2) is 30.3 Å². The van der Waals surface area contributed by atoms with Crippen LogP contribution in [0.4, 0.5) is 0 Å². The number of rotatable bonds is 4. The van der Waals surface area contributed by atoms with Crippen LogP contribution in [0.25, 0.3) is 0 Å². The van der Waals surface area contributed by atoms with E-state index < -0.39 is 6.35 Å². The van der Waals surface area contributed by atoms with Gasteiger partial charge in [0.05, 0.1) is 13.2 Å². The second-order valence-electron chi connectivity index (χ2n) is 7.89. The highest BCUT2D eigenvalue weighted by atomic mass is 16.5. The Hall–Kier alpha value is -0.980. The predicted octanol–water partition coefficient (Wildman–Crippen LogP) is 1.24. The maximum atomic E-state index is 9.81. The van der Waals surface area contributed by atoms with Crippen molar-refractivity contribution in [2.45, 2.75) is 43.1 Å². The molecule has 1 saturated carbocycles. The normalized spacial score (nSPS) is 37.0. The Kier molecular flexibility index (Phi) is 4.39. The van der Waals surface area contributed by atoms with Crippen LogP contribution in [0.2, 0.25) is 0 Å². The second-order valence-corrected chi connectivity index (χ2v) is 7.89. The first kappa shape index (κ1) is 16.5. The summed E-state index contributed by atoms with van der Waals surface area (Å²) in [4.78, 5) is 2.57. The molecule has 1 aromatic carbocycles. The van der Waals surface area contributed by atoms with Gasteiger partial charge >= 0.3 is 0 Å². The Morgan fingerprint density at radius 2 is 1.88 bits per heavy atom. The molecule has 1 atom stereocenters. The lowest BCUT2D eigenvalue weighted by Gasteiger charge is -2.51. The summed E-state index contributed by atoms with van der Waals surface area (Å²) in [5.41, 5.74) is 1.57. The Balaban J connectivity index is 1.56. The molecule has 2 heterocycles. The van der Waals surface area contributed by atoms with E-state index in [-0.39, 0.29) is 11.1 Å². The third kappa shape index (κ3) is 2.89. The molecule has 1 aromatic rings. The van der Waals surface area contributed by atoms with Crippen LogP contribution < -0.4 is 10.6 Å². The zero-order valence-corrected chi connectivity index (χ0v) is 14.5. The first-order valence-electron chi connectivity index (χ1n) is 9.16. The quantitative estimate of drug-likeness (QED) is 0.775. The van der Waals surface area contributed by atoms with Crippen molar-refractivity contribution >= 4 is 0 Å². The SMILES string of the molecule is CN(CC1COC1)[C@]1(c2ccccc2)CC[C@]2(CC1)CNC(O)N2. The topological polar surface area (TPSA) is 56.8 Å². The zero-order valence-electron chi connectivity index (χ0n) is 14.5. The average molecular weight is 331 g/mol. The van der Waals surface area contributed by atoms with Gasteiger partial charge in [0.15, 0.2) is 6.35 Å². The molecule has 132 valence electrons. The van der Waals surface area contributed by atoms with Gasteiger partial charge in [-0.15, -0.1) is 0 Å². The molecule has 2 saturated heterocycles. The molecular weight excluding hydrogens is 302 g/mol. The van der Waals surface area contributed by atoms with E-state index in [1.165, 1.54) is 5.56 Å². The molecule has 0 radical (unpaired) electrons. The number of aliphatic hydroxyl groups excluding tert-OH is 1. The largest absolute Gasteiger partial charge is 0.381 e. The zero-order chi connectivity index (χ0) is 16.6. The van der Waals surface area contributed by atoms with Crippen LogP contribution in [0.5, 0.6) is 0 Å². The summed E-state index contributed by atoms with van der Waals surface area (Å²) in [5, 5.41) is 16.3. The van der Waals surface area contributed by atoms with Gasteiger partial charge < -0.3 is 9.84 Å². The van der Waals surface area contributed by atoms with Gasteiger partial charge in [-0.3, -0.25) is 15.5 Å². The highest BCUT2D eigenvalue weighted by Crippen LogP contribution is 2.46. The Morgan fingerprint density at radius 3 is 2.42 bits per heavy atom. The lowest BCUT2D eigenvalue weighted by atomic mass is 9.68. The van der Waals surface area contributed by atoms with Crippen molar-refractivity contribution in [1.29, 1.82) is 0 Å². The fourth-order valence-corrected chi connectivity index (χ4v) is 4.74. The number of hydrogen-bond donors (Lipinski definition) is 3. The molecule has 24 heavy (non-hydrogen) atoms. The summed E-state index contributed by atoms with van der Waals surface area (Å²) in [6.45, 7) is 3.75. The van der Waals surface area contributed by atoms with E-state index in [4.69, 9.17) is 4.74 Å². The highest BCUT2D eigenvalue weighted by molar-refractivity contribution is 5.26. The van der Waals surface area contributed by atoms with Crippen molar-refractivity contribution in [2.24, 2.45) is 5.92 Å². The van der Waals surface area contributed by atoms with E-state index in [1.807, 2.05) is 0 Å². The van der Waals surface area contributed by atoms with Gasteiger partial charge in [0.25, 0.3) is 0 Å². The Bertz CT molecular complexity index is 553. The van der Waals surface area contributed by atoms with Gasteiger partial charge in [0, 0.05) is 30.1 Å². The van der Waals surface area contributed by atoms with Crippen LogP contribution in [-0.4, -0.2) is 55.2 Å². The summed E-state index contributed by atoms with van der Waals surface area (Å²) in [5.74, 6) is 0.666. The molecule has 1 unspecified atom stereocenters. The van der Waals surface area contributed by atoms with E-state index in [0.717, 1.165) is 52.0 Å². The van der Waals surface area contributed by atoms with Crippen molar-refractivity contribution in [1.82, 2.24) is 15.5 Å². The molecule has 2 aliphatic heterocycles. The minimum Gasteiger partial charge on any atom is -0.381 e. The summed E-state index contributed by atoms with van der Waals surface area (Å²) < 4.78 is 5.38. The summed E-state index contributed by atoms with van der Waals surface area (Å²) in [7, 11) is 2.28. The molecule has 0 bridgehead atoms. The standard InChI is InChI=1S/C19H29N3O2/c1-22(11-15-12-24-13-15)19(16-5-3-2-4-6-16)9-7-18(8-10-19)14-20-17(23)21-18/h2-6,15,17,20-21,23H,7-14H2,1H3/t17?,18-,19+. The summed E-state index contributed by atoms with van der Waals surface area (Å²) in [6.07, 6.45) is 3.83. The molecular formula is C19H29N3O2. The monoisotopic (exact) mass is 331 g/mol. The van der Waals surface area contributed by atoms with Crippen LogP contribution in [-0.2, 0) is 10.3 Å². The van der Waals surface area contributed by atoms with Crippen LogP contribution >= 0.6 is 0 Å². The maximum absolute atomic E-state index is 9.81. The second kappa shape index (κ2) is 6.39. The van der Waals surface area contributed by atoms with Gasteiger partial charge in [0.1, 0.15) is 0 Å². The fraction of sp³-hybridized carbons (Fsp3) is 0.684. The van der Waals surface area contributed by atoms with Gasteiger partial charge in [-0.25, -0.2) is 0 Å². The number of hydrogen-bond acceptors (Lipinski definition) is 5. The average Bonchev–Trinajstić information content (AvgIpc) is 2.93. The first-order valence-corrected chi connectivity index (χ1v) is 9.16. The van der Waals surface area contributed by atoms with Crippen molar-refractivity contribution < 1.29 is 9.84 Å². The van der Waals surface area contributed by atoms with Crippen molar-refractivity contribution in [2.75, 3.05) is 33.4 Å². The van der Waals surface area contributed by atoms with E-state index in [0.29, 0.717) is 5.92 Å². The lowest BCUT2D eigenvalue weighted by Crippen LogP contribution is -2.56. The molecule has 1 spiro atoms. The van der Waals surface area contributed by atoms with Crippen LogP contribution in [0.3, 0.4) is 0 Å². The maximum Gasteiger partial charge on any atom is 0.161 e. The number of aliphatic hydroxyl groups is 1. The fourth-order valence-electron chi connectivity index (χ4n) is 4.74. The van der Waals surface area contributed by atoms with Crippen molar-refractivity contribution in [3.63, 3.8) is 0 Å².